The normalized spacial score (nSPS) is 16.9. The van der Waals surface area contributed by atoms with Gasteiger partial charge >= 0.3 is 0 Å². The summed E-state index contributed by atoms with van der Waals surface area (Å²) < 4.78 is 19.8. The summed E-state index contributed by atoms with van der Waals surface area (Å²) in [5.74, 6) is -0.348. The summed E-state index contributed by atoms with van der Waals surface area (Å²) in [6, 6.07) is 3.18. The van der Waals surface area contributed by atoms with Gasteiger partial charge in [-0.05, 0) is 62.0 Å². The number of carbonyl (C=O) groups excluding carboxylic acids is 1. The van der Waals surface area contributed by atoms with Crippen molar-refractivity contribution in [3.05, 3.63) is 58.9 Å². The van der Waals surface area contributed by atoms with Gasteiger partial charge in [0.1, 0.15) is 0 Å². The summed E-state index contributed by atoms with van der Waals surface area (Å²) in [7, 11) is 2.90. The molecule has 10 heteroatoms. The summed E-state index contributed by atoms with van der Waals surface area (Å²) in [6.07, 6.45) is 9.59. The summed E-state index contributed by atoms with van der Waals surface area (Å²) in [5, 5.41) is 5.62. The van der Waals surface area contributed by atoms with Crippen LogP contribution in [0.1, 0.15) is 41.3 Å². The number of ether oxygens (including phenoxy) is 1. The van der Waals surface area contributed by atoms with E-state index >= 15 is 0 Å². The Morgan fingerprint density at radius 2 is 2.11 bits per heavy atom. The van der Waals surface area contributed by atoms with E-state index in [0.717, 1.165) is 38.0 Å². The molecule has 1 saturated heterocycles. The number of allylic oxidation sites excluding steroid dienone is 1. The van der Waals surface area contributed by atoms with Gasteiger partial charge in [0, 0.05) is 44.0 Å². The van der Waals surface area contributed by atoms with E-state index in [1.165, 1.54) is 32.5 Å². The lowest BCUT2D eigenvalue weighted by atomic mass is 10.0. The van der Waals surface area contributed by atoms with Gasteiger partial charge in [0.15, 0.2) is 11.6 Å². The Morgan fingerprint density at radius 3 is 2.77 bits per heavy atom. The van der Waals surface area contributed by atoms with E-state index in [9.17, 15) is 9.18 Å². The highest BCUT2D eigenvalue weighted by atomic mass is 19.1. The van der Waals surface area contributed by atoms with Gasteiger partial charge in [-0.25, -0.2) is 14.4 Å². The van der Waals surface area contributed by atoms with E-state index in [4.69, 9.17) is 10.5 Å². The Bertz CT molecular complexity index is 1060. The maximum Gasteiger partial charge on any atom is 0.251 e. The number of piperidine rings is 1. The Morgan fingerprint density at radius 1 is 1.34 bits per heavy atom. The van der Waals surface area contributed by atoms with E-state index in [0.29, 0.717) is 35.6 Å². The zero-order valence-electron chi connectivity index (χ0n) is 20.6. The third-order valence-corrected chi connectivity index (χ3v) is 6.00. The number of amides is 1. The molecule has 0 spiro atoms. The van der Waals surface area contributed by atoms with E-state index in [1.54, 1.807) is 18.6 Å². The molecule has 1 aromatic carbocycles. The van der Waals surface area contributed by atoms with Gasteiger partial charge in [-0.3, -0.25) is 9.79 Å². The first-order chi connectivity index (χ1) is 17.0. The van der Waals surface area contributed by atoms with Crippen LogP contribution in [-0.4, -0.2) is 66.8 Å². The number of benzene rings is 1. The van der Waals surface area contributed by atoms with Gasteiger partial charge in [0.25, 0.3) is 5.91 Å². The average molecular weight is 484 g/mol. The van der Waals surface area contributed by atoms with Gasteiger partial charge in [0.2, 0.25) is 5.95 Å². The molecule has 0 bridgehead atoms. The van der Waals surface area contributed by atoms with Crippen LogP contribution in [0.5, 0.6) is 5.75 Å². The molecule has 0 radical (unpaired) electrons. The van der Waals surface area contributed by atoms with Crippen LogP contribution in [-0.2, 0) is 12.8 Å². The summed E-state index contributed by atoms with van der Waals surface area (Å²) in [6.45, 7) is 5.27. The van der Waals surface area contributed by atoms with Crippen molar-refractivity contribution in [3.8, 4) is 5.75 Å². The first-order valence-corrected chi connectivity index (χ1v) is 11.8. The van der Waals surface area contributed by atoms with Crippen LogP contribution in [0.3, 0.4) is 0 Å². The van der Waals surface area contributed by atoms with Gasteiger partial charge in [-0.1, -0.05) is 6.92 Å². The van der Waals surface area contributed by atoms with Crippen LogP contribution in [0.25, 0.3) is 0 Å². The number of methoxy groups -OCH3 is 1. The molecule has 0 saturated carbocycles. The summed E-state index contributed by atoms with van der Waals surface area (Å²) in [5.41, 5.74) is 7.93. The van der Waals surface area contributed by atoms with Gasteiger partial charge < -0.3 is 26.0 Å². The number of nitrogens with zero attached hydrogens (tertiary/aromatic N) is 4. The van der Waals surface area contributed by atoms with Crippen molar-refractivity contribution in [1.82, 2.24) is 20.2 Å². The van der Waals surface area contributed by atoms with Crippen LogP contribution in [0.4, 0.5) is 10.3 Å². The minimum atomic E-state index is -0.476. The number of hydrogen-bond acceptors (Lipinski definition) is 8. The number of nitrogens with two attached hydrogens (primary N) is 1. The minimum absolute atomic E-state index is 0.0373. The van der Waals surface area contributed by atoms with E-state index in [1.807, 2.05) is 0 Å². The Labute approximate surface area is 205 Å². The molecule has 35 heavy (non-hydrogen) atoms. The van der Waals surface area contributed by atoms with E-state index in [-0.39, 0.29) is 17.7 Å². The van der Waals surface area contributed by atoms with Crippen molar-refractivity contribution in [1.29, 1.82) is 0 Å². The van der Waals surface area contributed by atoms with Crippen molar-refractivity contribution in [3.63, 3.8) is 0 Å². The Balaban J connectivity index is 1.60. The number of anilines is 1. The number of aromatic nitrogens is 2. The number of halogens is 1. The zero-order chi connectivity index (χ0) is 25.2. The average Bonchev–Trinajstić information content (AvgIpc) is 2.90. The van der Waals surface area contributed by atoms with Crippen LogP contribution >= 0.6 is 0 Å². The molecular weight excluding hydrogens is 449 g/mol. The number of carbonyl (C=O) groups is 1. The number of nitrogens with one attached hydrogen (secondary N) is 2. The second kappa shape index (κ2) is 12.8. The van der Waals surface area contributed by atoms with Crippen LogP contribution in [0.2, 0.25) is 0 Å². The molecule has 2 aromatic rings. The molecule has 0 unspecified atom stereocenters. The lowest BCUT2D eigenvalue weighted by Crippen LogP contribution is -2.37. The number of rotatable bonds is 10. The topological polar surface area (TPSA) is 118 Å². The smallest absolute Gasteiger partial charge is 0.251 e. The largest absolute Gasteiger partial charge is 0.494 e. The van der Waals surface area contributed by atoms with Crippen molar-refractivity contribution < 1.29 is 13.9 Å². The number of aliphatic imine (C=N–C) groups is 1. The SMILES string of the molecule is CCN1CCC[C@H](/N=C\C(=C/N)Nc2ncc(CCc3cc(C(=O)NC)cc(OC)c3F)cn2)C1. The predicted octanol–water partition coefficient (Wildman–Crippen LogP) is 2.54. The molecule has 1 aliphatic rings. The number of aryl methyl sites for hydroxylation is 2. The fourth-order valence-corrected chi connectivity index (χ4v) is 3.96. The monoisotopic (exact) mass is 483 g/mol. The van der Waals surface area contributed by atoms with Crippen LogP contribution in [0, 0.1) is 5.82 Å². The molecule has 3 rings (SSSR count). The lowest BCUT2D eigenvalue weighted by Gasteiger charge is -2.29. The Hall–Kier alpha value is -3.53. The highest BCUT2D eigenvalue weighted by molar-refractivity contribution is 5.94. The summed E-state index contributed by atoms with van der Waals surface area (Å²) in [4.78, 5) is 27.7. The van der Waals surface area contributed by atoms with Crippen LogP contribution in [0.15, 0.2) is 41.4 Å². The van der Waals surface area contributed by atoms with Crippen LogP contribution < -0.4 is 21.1 Å². The maximum atomic E-state index is 14.7. The summed E-state index contributed by atoms with van der Waals surface area (Å²) >= 11 is 0. The molecule has 0 aliphatic carbocycles. The third-order valence-electron chi connectivity index (χ3n) is 6.00. The first-order valence-electron chi connectivity index (χ1n) is 11.8. The fraction of sp³-hybridized carbons (Fsp3) is 0.440. The molecule has 1 fully saturated rings. The second-order valence-corrected chi connectivity index (χ2v) is 8.36. The van der Waals surface area contributed by atoms with E-state index < -0.39 is 5.82 Å². The maximum absolute atomic E-state index is 14.7. The molecule has 1 atom stereocenters. The van der Waals surface area contributed by atoms with Gasteiger partial charge in [0.05, 0.1) is 18.8 Å². The van der Waals surface area contributed by atoms with Gasteiger partial charge in [-0.2, -0.15) is 0 Å². The molecule has 1 amide bonds. The second-order valence-electron chi connectivity index (χ2n) is 8.36. The lowest BCUT2D eigenvalue weighted by molar-refractivity contribution is 0.0962. The molecule has 1 aromatic heterocycles. The standard InChI is InChI=1S/C25H34FN7O2/c1-4-33-9-5-6-20(16-33)29-15-21(12-27)32-25-30-13-17(14-31-25)7-8-18-10-19(24(34)28-2)11-22(35-3)23(18)26/h10-15,20H,4-9,16,27H2,1-3H3,(H,28,34)(H,30,31,32)/b21-12+,29-15-/t20-/m0/s1. The Kier molecular flexibility index (Phi) is 9.54. The molecule has 188 valence electrons. The van der Waals surface area contributed by atoms with Crippen molar-refractivity contribution >= 4 is 18.1 Å². The predicted molar refractivity (Wildman–Crippen MR) is 135 cm³/mol. The van der Waals surface area contributed by atoms with Crippen molar-refractivity contribution in [2.24, 2.45) is 10.7 Å². The highest BCUT2D eigenvalue weighted by Crippen LogP contribution is 2.24. The molecule has 4 N–H and O–H groups in total. The molecule has 9 nitrogen and oxygen atoms in total. The molecule has 2 heterocycles. The first kappa shape index (κ1) is 26.1. The zero-order valence-corrected chi connectivity index (χ0v) is 20.6. The number of likely N-dealkylation sites (tertiary alicyclic amines) is 1. The molecule has 1 aliphatic heterocycles. The highest BCUT2D eigenvalue weighted by Gasteiger charge is 2.17. The molecular formula is C25H34FN7O2. The van der Waals surface area contributed by atoms with Crippen molar-refractivity contribution in [2.75, 3.05) is 39.1 Å². The van der Waals surface area contributed by atoms with E-state index in [2.05, 4.69) is 37.4 Å². The fourth-order valence-electron chi connectivity index (χ4n) is 3.96. The third kappa shape index (κ3) is 7.22. The quantitative estimate of drug-likeness (QED) is 0.445. The number of likely N-dealkylation sites (N-methyl/N-ethyl adjacent to an activating group) is 1. The number of hydrogen-bond donors (Lipinski definition) is 3. The van der Waals surface area contributed by atoms with Gasteiger partial charge in [-0.15, -0.1) is 0 Å². The van der Waals surface area contributed by atoms with Crippen molar-refractivity contribution in [2.45, 2.75) is 38.6 Å². The minimum Gasteiger partial charge on any atom is -0.494 e.